The number of nitrogens with zero attached hydrogens (tertiary/aromatic N) is 3. The number of carbonyl (C=O) groups is 5. The van der Waals surface area contributed by atoms with Gasteiger partial charge in [-0.25, -0.2) is 9.18 Å². The average molecular weight is 568 g/mol. The van der Waals surface area contributed by atoms with Crippen molar-refractivity contribution in [2.24, 2.45) is 0 Å². The highest BCUT2D eigenvalue weighted by Crippen LogP contribution is 2.37. The lowest BCUT2D eigenvalue weighted by Gasteiger charge is -2.39. The fourth-order valence-electron chi connectivity index (χ4n) is 5.12. The van der Waals surface area contributed by atoms with Crippen LogP contribution in [0.4, 0.5) is 9.18 Å². The first-order valence-electron chi connectivity index (χ1n) is 13.2. The van der Waals surface area contributed by atoms with E-state index in [4.69, 9.17) is 4.65 Å². The number of nitrogens with one attached hydrogen (secondary N) is 1. The fourth-order valence-corrected chi connectivity index (χ4v) is 5.12. The number of benzene rings is 1. The molecule has 3 N–H and O–H groups in total. The lowest BCUT2D eigenvalue weighted by molar-refractivity contribution is -0.156. The number of likely N-dealkylation sites (N-methyl/N-ethyl adjacent to an activating group) is 1. The van der Waals surface area contributed by atoms with Crippen molar-refractivity contribution in [3.63, 3.8) is 0 Å². The molecule has 0 bridgehead atoms. The lowest BCUT2D eigenvalue weighted by Crippen LogP contribution is -2.63. The number of hydrogen-bond acceptors (Lipinski definition) is 9. The number of carbonyl (C=O) groups excluding carboxylic acids is 5. The predicted molar refractivity (Wildman–Crippen MR) is 142 cm³/mol. The van der Waals surface area contributed by atoms with Gasteiger partial charge < -0.3 is 25.0 Å². The molecule has 0 saturated carbocycles. The Labute approximate surface area is 235 Å². The molecule has 4 rings (SSSR count). The predicted octanol–water partition coefficient (Wildman–Crippen LogP) is 1.79. The maximum absolute atomic E-state index is 14.9. The van der Waals surface area contributed by atoms with Crippen LogP contribution in [0.1, 0.15) is 61.3 Å². The number of hydrogen-bond donors (Lipinski definition) is 3. The number of rotatable bonds is 8. The zero-order valence-electron chi connectivity index (χ0n) is 22.8. The minimum Gasteiger partial charge on any atom is -0.535 e. The Morgan fingerprint density at radius 3 is 2.61 bits per heavy atom. The third kappa shape index (κ3) is 5.92. The molecule has 1 unspecified atom stereocenters. The van der Waals surface area contributed by atoms with Crippen molar-refractivity contribution in [1.29, 1.82) is 0 Å². The highest BCUT2D eigenvalue weighted by Gasteiger charge is 2.44. The van der Waals surface area contributed by atoms with Gasteiger partial charge in [0, 0.05) is 31.4 Å². The molecule has 2 aliphatic heterocycles. The molecule has 3 heterocycles. The van der Waals surface area contributed by atoms with Crippen molar-refractivity contribution < 1.29 is 43.1 Å². The van der Waals surface area contributed by atoms with Crippen LogP contribution in [-0.2, 0) is 20.8 Å². The molecular weight excluding hydrogens is 538 g/mol. The molecule has 1 fully saturated rings. The van der Waals surface area contributed by atoms with Gasteiger partial charge in [-0.05, 0) is 38.3 Å². The van der Waals surface area contributed by atoms with Crippen LogP contribution in [0, 0.1) is 5.82 Å². The molecular formula is C27H30BFN4O8. The summed E-state index contributed by atoms with van der Waals surface area (Å²) in [6.45, 7) is 5.15. The average Bonchev–Trinajstić information content (AvgIpc) is 2.93. The number of imide groups is 1. The summed E-state index contributed by atoms with van der Waals surface area (Å²) >= 11 is 0. The number of piperazine rings is 1. The summed E-state index contributed by atoms with van der Waals surface area (Å²) in [5.74, 6) is -5.22. The van der Waals surface area contributed by atoms with Crippen LogP contribution >= 0.6 is 0 Å². The van der Waals surface area contributed by atoms with E-state index in [1.54, 1.807) is 32.0 Å². The fraction of sp³-hybridized carbons (Fsp3) is 0.407. The van der Waals surface area contributed by atoms with Gasteiger partial charge in [0.15, 0.2) is 17.4 Å². The first-order valence-corrected chi connectivity index (χ1v) is 13.2. The Hall–Kier alpha value is -4.33. The van der Waals surface area contributed by atoms with Crippen LogP contribution in [0.3, 0.4) is 0 Å². The largest absolute Gasteiger partial charge is 0.535 e. The number of halogens is 1. The maximum Gasteiger partial charge on any atom is 0.526 e. The highest BCUT2D eigenvalue weighted by atomic mass is 19.1. The van der Waals surface area contributed by atoms with E-state index in [1.165, 1.54) is 11.8 Å². The van der Waals surface area contributed by atoms with Crippen LogP contribution in [0.2, 0.25) is 5.82 Å². The number of pyridine rings is 1. The van der Waals surface area contributed by atoms with Gasteiger partial charge in [-0.3, -0.25) is 29.1 Å². The molecule has 3 atom stereocenters. The van der Waals surface area contributed by atoms with Crippen molar-refractivity contribution in [2.75, 3.05) is 13.1 Å². The van der Waals surface area contributed by atoms with Gasteiger partial charge in [0.1, 0.15) is 23.2 Å². The number of amides is 4. The number of Topliss-reactive ketones (excluding diaryl/α,β-unsaturated/α-hetero) is 2. The molecule has 2 aromatic rings. The highest BCUT2D eigenvalue weighted by molar-refractivity contribution is 6.47. The molecule has 41 heavy (non-hydrogen) atoms. The van der Waals surface area contributed by atoms with E-state index >= 15 is 0 Å². The molecule has 0 spiro atoms. The molecule has 0 aliphatic carbocycles. The van der Waals surface area contributed by atoms with Gasteiger partial charge in [-0.2, -0.15) is 0 Å². The summed E-state index contributed by atoms with van der Waals surface area (Å²) in [4.78, 5) is 70.2. The molecule has 1 aromatic carbocycles. The Morgan fingerprint density at radius 2 is 1.98 bits per heavy atom. The number of ketones is 2. The topological polar surface area (TPSA) is 166 Å². The zero-order valence-corrected chi connectivity index (χ0v) is 22.8. The molecule has 1 saturated heterocycles. The summed E-state index contributed by atoms with van der Waals surface area (Å²) in [6, 6.07) is 2.11. The minimum atomic E-state index is -1.73. The van der Waals surface area contributed by atoms with E-state index in [-0.39, 0.29) is 36.6 Å². The van der Waals surface area contributed by atoms with E-state index in [1.807, 2.05) is 0 Å². The van der Waals surface area contributed by atoms with Crippen LogP contribution < -0.4 is 9.97 Å². The van der Waals surface area contributed by atoms with Gasteiger partial charge in [0.2, 0.25) is 0 Å². The number of fused-ring (bicyclic) bond motifs is 1. The third-order valence-corrected chi connectivity index (χ3v) is 7.34. The monoisotopic (exact) mass is 568 g/mol. The summed E-state index contributed by atoms with van der Waals surface area (Å²) in [5.41, 5.74) is 0.337. The maximum atomic E-state index is 14.9. The minimum absolute atomic E-state index is 0.0999. The Kier molecular flexibility index (Phi) is 8.71. The third-order valence-electron chi connectivity index (χ3n) is 7.34. The summed E-state index contributed by atoms with van der Waals surface area (Å²) < 4.78 is 20.5. The van der Waals surface area contributed by atoms with Crippen LogP contribution in [0.15, 0.2) is 30.5 Å². The first-order chi connectivity index (χ1) is 19.5. The van der Waals surface area contributed by atoms with Crippen LogP contribution in [-0.4, -0.2) is 80.6 Å². The molecule has 1 aromatic heterocycles. The van der Waals surface area contributed by atoms with E-state index in [0.29, 0.717) is 12.0 Å². The van der Waals surface area contributed by atoms with Gasteiger partial charge in [-0.1, -0.05) is 19.1 Å². The van der Waals surface area contributed by atoms with Crippen molar-refractivity contribution in [3.8, 4) is 11.5 Å². The lowest BCUT2D eigenvalue weighted by atomic mass is 9.64. The van der Waals surface area contributed by atoms with Crippen LogP contribution in [0.5, 0.6) is 11.5 Å². The Bertz CT molecular complexity index is 1410. The number of aromatic hydroxyl groups is 1. The molecule has 12 nitrogen and oxygen atoms in total. The summed E-state index contributed by atoms with van der Waals surface area (Å²) in [7, 11) is -1.49. The van der Waals surface area contributed by atoms with Gasteiger partial charge >= 0.3 is 25.0 Å². The summed E-state index contributed by atoms with van der Waals surface area (Å²) in [6.07, 6.45) is 0.943. The van der Waals surface area contributed by atoms with Crippen molar-refractivity contribution in [2.45, 2.75) is 57.9 Å². The molecule has 14 heteroatoms. The number of para-hydroxylation sites is 1. The molecule has 2 aliphatic rings. The van der Waals surface area contributed by atoms with Gasteiger partial charge in [-0.15, -0.1) is 0 Å². The van der Waals surface area contributed by atoms with Gasteiger partial charge in [0.05, 0.1) is 17.8 Å². The molecule has 0 radical (unpaired) electrons. The first kappa shape index (κ1) is 29.7. The number of urea groups is 1. The van der Waals surface area contributed by atoms with E-state index in [9.17, 15) is 38.5 Å². The quantitative estimate of drug-likeness (QED) is 0.245. The van der Waals surface area contributed by atoms with Crippen LogP contribution in [0.25, 0.3) is 0 Å². The molecule has 216 valence electrons. The second kappa shape index (κ2) is 12.0. The van der Waals surface area contributed by atoms with E-state index < -0.39 is 72.3 Å². The SMILES string of the molecule is CC[C@H]1CN(CC)C(=O)C(=O)N1C(=O)NC(C(=O)C[C@H]1Cc2cccc(C(C)=O)c2OB1O)c1ncc(O)cc1F. The standard InChI is InChI=1S/C27H30BFN4O8/c1-4-17-13-32(5-2)25(37)26(38)33(17)27(39)31-23(22-20(29)11-18(35)12-30-22)21(36)10-16-9-15-7-6-8-19(14(3)34)24(15)41-28(16)40/h6-8,11-12,16-17,23,35,40H,4-5,9-10,13H2,1-3H3,(H,31,39)/t16-,17+,23?/m1/s1. The Morgan fingerprint density at radius 1 is 1.24 bits per heavy atom. The molecule has 4 amide bonds. The van der Waals surface area contributed by atoms with Gasteiger partial charge in [0.25, 0.3) is 0 Å². The van der Waals surface area contributed by atoms with E-state index in [0.717, 1.165) is 17.2 Å². The van der Waals surface area contributed by atoms with E-state index in [2.05, 4.69) is 10.3 Å². The summed E-state index contributed by atoms with van der Waals surface area (Å²) in [5, 5.41) is 22.7. The Balaban J connectivity index is 1.62. The second-order valence-corrected chi connectivity index (χ2v) is 10.0. The van der Waals surface area contributed by atoms with Crippen molar-refractivity contribution >= 4 is 36.5 Å². The number of aromatic nitrogens is 1. The normalized spacial score (nSPS) is 19.4. The smallest absolute Gasteiger partial charge is 0.526 e. The van der Waals surface area contributed by atoms with Crippen molar-refractivity contribution in [3.05, 3.63) is 53.1 Å². The van der Waals surface area contributed by atoms with Crippen molar-refractivity contribution in [1.82, 2.24) is 20.1 Å². The zero-order chi connectivity index (χ0) is 30.0. The second-order valence-electron chi connectivity index (χ2n) is 10.0.